The van der Waals surface area contributed by atoms with Gasteiger partial charge in [-0.2, -0.15) is 4.31 Å². The van der Waals surface area contributed by atoms with Crippen LogP contribution in [0.1, 0.15) is 16.7 Å². The Morgan fingerprint density at radius 1 is 0.897 bits per heavy atom. The summed E-state index contributed by atoms with van der Waals surface area (Å²) in [6, 6.07) is 17.8. The van der Waals surface area contributed by atoms with Crippen LogP contribution in [-0.4, -0.2) is 60.0 Å². The van der Waals surface area contributed by atoms with Gasteiger partial charge in [-0.15, -0.1) is 0 Å². The topological polar surface area (TPSA) is 131 Å². The fraction of sp³-hybridized carbons (Fsp3) is 0.296. The molecular weight excluding hydrogens is 542 g/mol. The van der Waals surface area contributed by atoms with Crippen molar-refractivity contribution in [2.45, 2.75) is 30.2 Å². The second-order valence-electron chi connectivity index (χ2n) is 9.12. The van der Waals surface area contributed by atoms with Crippen molar-refractivity contribution in [3.8, 4) is 5.75 Å². The fourth-order valence-electron chi connectivity index (χ4n) is 3.90. The molecule has 0 saturated carbocycles. The average Bonchev–Trinajstić information content (AvgIpc) is 2.93. The fourth-order valence-corrected chi connectivity index (χ4v) is 6.45. The zero-order valence-corrected chi connectivity index (χ0v) is 23.3. The maximum absolute atomic E-state index is 12.7. The van der Waals surface area contributed by atoms with Crippen molar-refractivity contribution in [2.24, 2.45) is 0 Å². The molecule has 0 aliphatic carbocycles. The summed E-state index contributed by atoms with van der Waals surface area (Å²) in [5.74, 6) is 0.00857. The zero-order valence-electron chi connectivity index (χ0n) is 21.7. The van der Waals surface area contributed by atoms with Crippen LogP contribution in [0, 0.1) is 13.8 Å². The molecule has 1 heterocycles. The average molecular weight is 574 g/mol. The summed E-state index contributed by atoms with van der Waals surface area (Å²) >= 11 is 0. The Morgan fingerprint density at radius 2 is 1.54 bits per heavy atom. The first-order valence-electron chi connectivity index (χ1n) is 12.3. The molecular formula is C27H31N3O7S2. The van der Waals surface area contributed by atoms with E-state index in [0.717, 1.165) is 11.1 Å². The molecule has 1 amide bonds. The van der Waals surface area contributed by atoms with Crippen molar-refractivity contribution in [2.75, 3.05) is 37.6 Å². The number of hydrogen-bond donors (Lipinski definition) is 2. The number of morpholine rings is 1. The molecule has 2 N–H and O–H groups in total. The molecule has 0 atom stereocenters. The second-order valence-corrected chi connectivity index (χ2v) is 12.7. The summed E-state index contributed by atoms with van der Waals surface area (Å²) in [7, 11) is -7.36. The maximum Gasteiger partial charge on any atom is 0.261 e. The van der Waals surface area contributed by atoms with Crippen LogP contribution in [0.15, 0.2) is 76.5 Å². The molecule has 1 saturated heterocycles. The lowest BCUT2D eigenvalue weighted by atomic mass is 10.2. The van der Waals surface area contributed by atoms with Gasteiger partial charge in [-0.3, -0.25) is 9.52 Å². The van der Waals surface area contributed by atoms with Crippen molar-refractivity contribution < 1.29 is 31.1 Å². The quantitative estimate of drug-likeness (QED) is 0.381. The van der Waals surface area contributed by atoms with Crippen molar-refractivity contribution in [3.63, 3.8) is 0 Å². The minimum absolute atomic E-state index is 0.0801. The van der Waals surface area contributed by atoms with Gasteiger partial charge in [-0.05, 0) is 67.4 Å². The molecule has 0 aromatic heterocycles. The van der Waals surface area contributed by atoms with Gasteiger partial charge in [0.15, 0.2) is 6.61 Å². The number of hydrogen-bond acceptors (Lipinski definition) is 7. The number of carbonyl (C=O) groups is 1. The van der Waals surface area contributed by atoms with E-state index in [4.69, 9.17) is 9.47 Å². The van der Waals surface area contributed by atoms with E-state index in [-0.39, 0.29) is 28.8 Å². The molecule has 0 bridgehead atoms. The van der Waals surface area contributed by atoms with Gasteiger partial charge in [0, 0.05) is 25.3 Å². The van der Waals surface area contributed by atoms with Crippen LogP contribution in [0.2, 0.25) is 0 Å². The van der Waals surface area contributed by atoms with Gasteiger partial charge in [-0.25, -0.2) is 16.8 Å². The van der Waals surface area contributed by atoms with Crippen LogP contribution < -0.4 is 14.8 Å². The maximum atomic E-state index is 12.7. The van der Waals surface area contributed by atoms with Crippen LogP contribution in [0.5, 0.6) is 5.75 Å². The molecule has 12 heteroatoms. The van der Waals surface area contributed by atoms with Gasteiger partial charge in [0.25, 0.3) is 15.9 Å². The summed E-state index contributed by atoms with van der Waals surface area (Å²) < 4.78 is 65.7. The third-order valence-corrected chi connectivity index (χ3v) is 9.43. The first-order chi connectivity index (χ1) is 18.5. The summed E-state index contributed by atoms with van der Waals surface area (Å²) in [5.41, 5.74) is 2.78. The number of rotatable bonds is 10. The van der Waals surface area contributed by atoms with Crippen molar-refractivity contribution in [1.82, 2.24) is 9.62 Å². The molecule has 3 aromatic carbocycles. The molecule has 0 radical (unpaired) electrons. The summed E-state index contributed by atoms with van der Waals surface area (Å²) in [6.07, 6.45) is 0. The largest absolute Gasteiger partial charge is 0.484 e. The first kappa shape index (κ1) is 28.6. The zero-order chi connectivity index (χ0) is 28.0. The Labute approximate surface area is 229 Å². The van der Waals surface area contributed by atoms with Crippen LogP contribution in [-0.2, 0) is 36.1 Å². The molecule has 10 nitrogen and oxygen atoms in total. The monoisotopic (exact) mass is 573 g/mol. The molecule has 4 rings (SSSR count). The van der Waals surface area contributed by atoms with Gasteiger partial charge in [-0.1, -0.05) is 29.8 Å². The number of nitrogens with zero attached hydrogens (tertiary/aromatic N) is 1. The third kappa shape index (κ3) is 7.35. The number of ether oxygens (including phenoxy) is 2. The standard InChI is InChI=1S/C27H31N3O7S2/c1-20-3-7-23(8-4-20)29-38(32,33)25-11-12-26(21(2)17-25)37-19-27(31)28-18-22-5-9-24(10-6-22)39(34,35)30-13-15-36-16-14-30/h3-12,17,29H,13-16,18-19H2,1-2H3,(H,28,31). The lowest BCUT2D eigenvalue weighted by Gasteiger charge is -2.26. The Hall–Kier alpha value is -3.45. The van der Waals surface area contributed by atoms with Gasteiger partial charge in [0.1, 0.15) is 5.75 Å². The number of sulfonamides is 2. The van der Waals surface area contributed by atoms with Crippen molar-refractivity contribution in [1.29, 1.82) is 0 Å². The van der Waals surface area contributed by atoms with E-state index in [0.29, 0.717) is 43.3 Å². The number of amides is 1. The highest BCUT2D eigenvalue weighted by Crippen LogP contribution is 2.24. The van der Waals surface area contributed by atoms with Gasteiger partial charge in [0.05, 0.1) is 23.0 Å². The van der Waals surface area contributed by atoms with E-state index >= 15 is 0 Å². The number of nitrogens with one attached hydrogen (secondary N) is 2. The lowest BCUT2D eigenvalue weighted by molar-refractivity contribution is -0.123. The molecule has 1 fully saturated rings. The van der Waals surface area contributed by atoms with E-state index in [2.05, 4.69) is 10.0 Å². The SMILES string of the molecule is Cc1ccc(NS(=O)(=O)c2ccc(OCC(=O)NCc3ccc(S(=O)(=O)N4CCOCC4)cc3)c(C)c2)cc1. The minimum Gasteiger partial charge on any atom is -0.484 e. The molecule has 3 aromatic rings. The smallest absolute Gasteiger partial charge is 0.261 e. The highest BCUT2D eigenvalue weighted by molar-refractivity contribution is 7.92. The molecule has 1 aliphatic rings. The molecule has 208 valence electrons. The Balaban J connectivity index is 1.28. The third-order valence-electron chi connectivity index (χ3n) is 6.14. The van der Waals surface area contributed by atoms with E-state index in [1.807, 2.05) is 19.1 Å². The first-order valence-corrected chi connectivity index (χ1v) is 15.2. The van der Waals surface area contributed by atoms with Crippen molar-refractivity contribution >= 4 is 31.6 Å². The summed E-state index contributed by atoms with van der Waals surface area (Å²) in [6.45, 7) is 4.94. The van der Waals surface area contributed by atoms with E-state index in [1.165, 1.54) is 34.6 Å². The van der Waals surface area contributed by atoms with E-state index < -0.39 is 20.0 Å². The van der Waals surface area contributed by atoms with Crippen LogP contribution >= 0.6 is 0 Å². The van der Waals surface area contributed by atoms with Crippen LogP contribution in [0.3, 0.4) is 0 Å². The minimum atomic E-state index is -3.79. The second kappa shape index (κ2) is 12.2. The van der Waals surface area contributed by atoms with Gasteiger partial charge >= 0.3 is 0 Å². The Kier molecular flexibility index (Phi) is 8.90. The highest BCUT2D eigenvalue weighted by Gasteiger charge is 2.26. The number of benzene rings is 3. The van der Waals surface area contributed by atoms with Crippen LogP contribution in [0.4, 0.5) is 5.69 Å². The number of anilines is 1. The Bertz CT molecular complexity index is 1520. The summed E-state index contributed by atoms with van der Waals surface area (Å²) in [4.78, 5) is 12.6. The predicted molar refractivity (Wildman–Crippen MR) is 147 cm³/mol. The van der Waals surface area contributed by atoms with Crippen LogP contribution in [0.25, 0.3) is 0 Å². The van der Waals surface area contributed by atoms with Crippen molar-refractivity contribution in [3.05, 3.63) is 83.4 Å². The highest BCUT2D eigenvalue weighted by atomic mass is 32.2. The Morgan fingerprint density at radius 3 is 2.18 bits per heavy atom. The van der Waals surface area contributed by atoms with E-state index in [1.54, 1.807) is 31.2 Å². The van der Waals surface area contributed by atoms with E-state index in [9.17, 15) is 21.6 Å². The molecule has 0 unspecified atom stereocenters. The molecule has 0 spiro atoms. The molecule has 39 heavy (non-hydrogen) atoms. The summed E-state index contributed by atoms with van der Waals surface area (Å²) in [5, 5.41) is 2.73. The lowest BCUT2D eigenvalue weighted by Crippen LogP contribution is -2.40. The van der Waals surface area contributed by atoms with Gasteiger partial charge in [0.2, 0.25) is 10.0 Å². The number of aryl methyl sites for hydroxylation is 2. The predicted octanol–water partition coefficient (Wildman–Crippen LogP) is 2.82. The molecule has 1 aliphatic heterocycles. The van der Waals surface area contributed by atoms with Gasteiger partial charge < -0.3 is 14.8 Å². The normalized spacial score (nSPS) is 14.5. The number of carbonyl (C=O) groups excluding carboxylic acids is 1.